The second kappa shape index (κ2) is 22.0. The smallest absolute Gasteiger partial charge is 0.115 e. The van der Waals surface area contributed by atoms with Gasteiger partial charge in [-0.1, -0.05) is 135 Å². The zero-order valence-corrected chi connectivity index (χ0v) is 27.3. The number of phenols is 2. The van der Waals surface area contributed by atoms with Crippen LogP contribution in [0.5, 0.6) is 11.5 Å². The van der Waals surface area contributed by atoms with Gasteiger partial charge in [-0.2, -0.15) is 0 Å². The molecular formula is C39H54O2. The maximum Gasteiger partial charge on any atom is 0.115 e. The highest BCUT2D eigenvalue weighted by atomic mass is 16.3. The lowest BCUT2D eigenvalue weighted by Gasteiger charge is -2.13. The number of aryl methyl sites for hydroxylation is 2. The third kappa shape index (κ3) is 13.0. The quantitative estimate of drug-likeness (QED) is 0.213. The Balaban J connectivity index is 0.000000737. The monoisotopic (exact) mass is 554 g/mol. The van der Waals surface area contributed by atoms with Gasteiger partial charge in [-0.3, -0.25) is 0 Å². The van der Waals surface area contributed by atoms with Gasteiger partial charge in [0.05, 0.1) is 0 Å². The van der Waals surface area contributed by atoms with Crippen molar-refractivity contribution in [1.82, 2.24) is 0 Å². The molecule has 0 amide bonds. The minimum atomic E-state index is 0.328. The molecule has 5 rings (SSSR count). The minimum Gasteiger partial charge on any atom is -0.508 e. The van der Waals surface area contributed by atoms with E-state index >= 15 is 0 Å². The second-order valence-electron chi connectivity index (χ2n) is 9.34. The summed E-state index contributed by atoms with van der Waals surface area (Å²) < 4.78 is 0. The van der Waals surface area contributed by atoms with Crippen molar-refractivity contribution in [2.75, 3.05) is 0 Å². The van der Waals surface area contributed by atoms with Gasteiger partial charge in [-0.05, 0) is 94.4 Å². The topological polar surface area (TPSA) is 40.5 Å². The van der Waals surface area contributed by atoms with Crippen LogP contribution in [-0.4, -0.2) is 10.2 Å². The maximum absolute atomic E-state index is 9.65. The molecule has 222 valence electrons. The van der Waals surface area contributed by atoms with Gasteiger partial charge >= 0.3 is 0 Å². The molecule has 0 saturated heterocycles. The highest BCUT2D eigenvalue weighted by Gasteiger charge is 2.09. The molecule has 2 nitrogen and oxygen atoms in total. The SMILES string of the molecule is CC.CC.CCC.CCC.Cc1cc(O)ccc1Cc1c2ccccc2cc2ccccc12.Cc1cccc(O)c1. The summed E-state index contributed by atoms with van der Waals surface area (Å²) in [6.45, 7) is 20.5. The Kier molecular flexibility index (Phi) is 19.9. The molecule has 5 aromatic rings. The number of hydrogen-bond donors (Lipinski definition) is 2. The summed E-state index contributed by atoms with van der Waals surface area (Å²) in [5, 5.41) is 23.6. The average Bonchev–Trinajstić information content (AvgIpc) is 2.97. The van der Waals surface area contributed by atoms with Gasteiger partial charge in [0.15, 0.2) is 0 Å². The van der Waals surface area contributed by atoms with E-state index in [0.717, 1.165) is 17.5 Å². The lowest BCUT2D eigenvalue weighted by molar-refractivity contribution is 0.474. The van der Waals surface area contributed by atoms with Gasteiger partial charge in [-0.15, -0.1) is 0 Å². The molecule has 0 radical (unpaired) electrons. The molecule has 0 spiro atoms. The summed E-state index contributed by atoms with van der Waals surface area (Å²) in [6, 6.07) is 32.2. The first kappa shape index (κ1) is 37.2. The summed E-state index contributed by atoms with van der Waals surface area (Å²) in [5.74, 6) is 0.666. The summed E-state index contributed by atoms with van der Waals surface area (Å²) in [4.78, 5) is 0. The fourth-order valence-electron chi connectivity index (χ4n) is 4.00. The summed E-state index contributed by atoms with van der Waals surface area (Å²) in [6.07, 6.45) is 3.37. The third-order valence-corrected chi connectivity index (χ3v) is 5.58. The molecule has 0 aliphatic heterocycles. The van der Waals surface area contributed by atoms with Crippen LogP contribution in [0.15, 0.2) is 97.1 Å². The minimum absolute atomic E-state index is 0.328. The van der Waals surface area contributed by atoms with Gasteiger partial charge < -0.3 is 10.2 Å². The van der Waals surface area contributed by atoms with Crippen molar-refractivity contribution in [1.29, 1.82) is 0 Å². The van der Waals surface area contributed by atoms with Crippen LogP contribution in [0, 0.1) is 13.8 Å². The van der Waals surface area contributed by atoms with Crippen molar-refractivity contribution in [3.63, 3.8) is 0 Å². The first-order chi connectivity index (χ1) is 19.8. The van der Waals surface area contributed by atoms with Crippen LogP contribution >= 0.6 is 0 Å². The molecule has 0 atom stereocenters. The molecule has 41 heavy (non-hydrogen) atoms. The van der Waals surface area contributed by atoms with Gasteiger partial charge in [0.1, 0.15) is 11.5 Å². The first-order valence-electron chi connectivity index (χ1n) is 15.3. The van der Waals surface area contributed by atoms with Crippen LogP contribution < -0.4 is 0 Å². The number of rotatable bonds is 2. The van der Waals surface area contributed by atoms with Crippen LogP contribution in [0.4, 0.5) is 0 Å². The van der Waals surface area contributed by atoms with Crippen LogP contribution in [0.1, 0.15) is 90.5 Å². The standard InChI is InChI=1S/C22H18O.C7H8O.2C3H8.2C2H6/c1-15-12-19(23)11-10-16(15)14-22-20-8-4-2-6-17(20)13-18-7-3-5-9-21(18)22;1-6-3-2-4-7(8)5-6;2*1-3-2;2*1-2/h2-13,23H,14H2,1H3;2-5,8H,1H3;2*3H2,1-2H3;2*1-2H3. The van der Waals surface area contributed by atoms with Crippen molar-refractivity contribution < 1.29 is 10.2 Å². The molecular weight excluding hydrogens is 500 g/mol. The van der Waals surface area contributed by atoms with E-state index in [2.05, 4.69) is 89.2 Å². The van der Waals surface area contributed by atoms with E-state index in [-0.39, 0.29) is 0 Å². The Hall–Kier alpha value is -3.78. The van der Waals surface area contributed by atoms with E-state index in [4.69, 9.17) is 5.11 Å². The third-order valence-electron chi connectivity index (χ3n) is 5.58. The molecule has 0 aromatic heterocycles. The predicted octanol–water partition coefficient (Wildman–Crippen LogP) is 12.2. The van der Waals surface area contributed by atoms with E-state index < -0.39 is 0 Å². The van der Waals surface area contributed by atoms with E-state index in [1.54, 1.807) is 18.2 Å². The number of fused-ring (bicyclic) bond motifs is 2. The molecule has 5 aromatic carbocycles. The molecule has 2 heteroatoms. The number of hydrogen-bond acceptors (Lipinski definition) is 2. The van der Waals surface area contributed by atoms with Crippen LogP contribution in [0.3, 0.4) is 0 Å². The highest BCUT2D eigenvalue weighted by molar-refractivity contribution is 6.02. The van der Waals surface area contributed by atoms with Gasteiger partial charge in [0.25, 0.3) is 0 Å². The van der Waals surface area contributed by atoms with Crippen molar-refractivity contribution >= 4 is 21.5 Å². The maximum atomic E-state index is 9.65. The Morgan fingerprint density at radius 2 is 0.976 bits per heavy atom. The Morgan fingerprint density at radius 1 is 0.512 bits per heavy atom. The molecule has 2 N–H and O–H groups in total. The van der Waals surface area contributed by atoms with Gasteiger partial charge in [0.2, 0.25) is 0 Å². The van der Waals surface area contributed by atoms with E-state index in [1.165, 1.54) is 45.5 Å². The van der Waals surface area contributed by atoms with E-state index in [0.29, 0.717) is 11.5 Å². The van der Waals surface area contributed by atoms with Crippen molar-refractivity contribution in [2.45, 2.75) is 88.5 Å². The van der Waals surface area contributed by atoms with Crippen molar-refractivity contribution in [2.24, 2.45) is 0 Å². The zero-order valence-electron chi connectivity index (χ0n) is 27.3. The van der Waals surface area contributed by atoms with Crippen molar-refractivity contribution in [3.8, 4) is 11.5 Å². The van der Waals surface area contributed by atoms with Gasteiger partial charge in [0, 0.05) is 0 Å². The van der Waals surface area contributed by atoms with Crippen LogP contribution in [0.25, 0.3) is 21.5 Å². The predicted molar refractivity (Wildman–Crippen MR) is 185 cm³/mol. The highest BCUT2D eigenvalue weighted by Crippen LogP contribution is 2.31. The van der Waals surface area contributed by atoms with E-state index in [9.17, 15) is 5.11 Å². The Bertz CT molecular complexity index is 1310. The molecule has 0 heterocycles. The van der Waals surface area contributed by atoms with Crippen LogP contribution in [0.2, 0.25) is 0 Å². The molecule has 0 aliphatic carbocycles. The Labute approximate surface area is 250 Å². The molecule has 0 aliphatic rings. The number of phenolic OH excluding ortho intramolecular Hbond substituents is 2. The molecule has 0 saturated carbocycles. The molecule has 0 bridgehead atoms. The average molecular weight is 555 g/mol. The lowest BCUT2D eigenvalue weighted by atomic mass is 9.91. The summed E-state index contributed by atoms with van der Waals surface area (Å²) in [5.41, 5.74) is 4.82. The molecule has 0 unspecified atom stereocenters. The zero-order chi connectivity index (χ0) is 31.2. The normalized spacial score (nSPS) is 9.22. The van der Waals surface area contributed by atoms with Crippen LogP contribution in [-0.2, 0) is 6.42 Å². The fraction of sp³-hybridized carbons (Fsp3) is 0.333. The summed E-state index contributed by atoms with van der Waals surface area (Å²) in [7, 11) is 0. The largest absolute Gasteiger partial charge is 0.508 e. The van der Waals surface area contributed by atoms with Gasteiger partial charge in [-0.25, -0.2) is 0 Å². The number of benzene rings is 5. The number of aromatic hydroxyl groups is 2. The summed E-state index contributed by atoms with van der Waals surface area (Å²) >= 11 is 0. The fourth-order valence-corrected chi connectivity index (χ4v) is 4.00. The Morgan fingerprint density at radius 3 is 1.39 bits per heavy atom. The van der Waals surface area contributed by atoms with E-state index in [1.807, 2.05) is 58.9 Å². The molecule has 0 fully saturated rings. The first-order valence-corrected chi connectivity index (χ1v) is 15.3. The van der Waals surface area contributed by atoms with Crippen molar-refractivity contribution in [3.05, 3.63) is 119 Å². The lowest BCUT2D eigenvalue weighted by Crippen LogP contribution is -1.95. The second-order valence-corrected chi connectivity index (χ2v) is 9.34.